The average molecular weight is 456 g/mol. The molecule has 3 rings (SSSR count). The summed E-state index contributed by atoms with van der Waals surface area (Å²) in [5.41, 5.74) is 2.08. The number of nitrogens with zero attached hydrogens (tertiary/aromatic N) is 5. The molecule has 176 valence electrons. The van der Waals surface area contributed by atoms with Crippen molar-refractivity contribution >= 4 is 11.9 Å². The van der Waals surface area contributed by atoms with E-state index >= 15 is 0 Å². The number of carbonyl (C=O) groups excluding carboxylic acids is 1. The van der Waals surface area contributed by atoms with Gasteiger partial charge < -0.3 is 19.5 Å². The summed E-state index contributed by atoms with van der Waals surface area (Å²) >= 11 is 0. The smallest absolute Gasteiger partial charge is 0.328 e. The highest BCUT2D eigenvalue weighted by Gasteiger charge is 2.25. The molecule has 10 heteroatoms. The van der Waals surface area contributed by atoms with E-state index < -0.39 is 12.0 Å². The SMILES string of the molecule is CCn1nccc1CN(CCc1ccc(OC)c(OC)c1)C(=O)c1ccnn1C(C)C(=O)O. The van der Waals surface area contributed by atoms with Crippen LogP contribution in [0.3, 0.4) is 0 Å². The number of carbonyl (C=O) groups is 2. The molecule has 1 amide bonds. The second-order valence-corrected chi connectivity index (χ2v) is 7.48. The van der Waals surface area contributed by atoms with E-state index in [-0.39, 0.29) is 11.6 Å². The number of aliphatic carboxylic acids is 1. The number of methoxy groups -OCH3 is 2. The zero-order valence-electron chi connectivity index (χ0n) is 19.3. The lowest BCUT2D eigenvalue weighted by Crippen LogP contribution is -2.35. The molecule has 0 radical (unpaired) electrons. The number of amides is 1. The molecule has 1 N–H and O–H groups in total. The minimum atomic E-state index is -1.06. The van der Waals surface area contributed by atoms with E-state index in [0.717, 1.165) is 11.3 Å². The Morgan fingerprint density at radius 3 is 2.48 bits per heavy atom. The maximum atomic E-state index is 13.5. The number of carboxylic acids is 1. The molecule has 0 aliphatic carbocycles. The second kappa shape index (κ2) is 10.7. The van der Waals surface area contributed by atoms with Gasteiger partial charge in [0.2, 0.25) is 0 Å². The molecule has 3 aromatic rings. The topological polar surface area (TPSA) is 112 Å². The molecule has 0 saturated heterocycles. The van der Waals surface area contributed by atoms with Gasteiger partial charge in [-0.2, -0.15) is 10.2 Å². The van der Waals surface area contributed by atoms with Gasteiger partial charge in [-0.3, -0.25) is 9.48 Å². The van der Waals surface area contributed by atoms with Crippen LogP contribution in [0.5, 0.6) is 11.5 Å². The summed E-state index contributed by atoms with van der Waals surface area (Å²) in [5, 5.41) is 17.8. The zero-order valence-corrected chi connectivity index (χ0v) is 19.3. The van der Waals surface area contributed by atoms with Gasteiger partial charge in [-0.25, -0.2) is 9.48 Å². The molecule has 0 saturated carbocycles. The Labute approximate surface area is 192 Å². The van der Waals surface area contributed by atoms with Gasteiger partial charge in [0.05, 0.1) is 26.5 Å². The normalized spacial score (nSPS) is 11.8. The lowest BCUT2D eigenvalue weighted by molar-refractivity contribution is -0.140. The summed E-state index contributed by atoms with van der Waals surface area (Å²) in [6.07, 6.45) is 3.71. The summed E-state index contributed by atoms with van der Waals surface area (Å²) < 4.78 is 13.8. The van der Waals surface area contributed by atoms with E-state index in [9.17, 15) is 14.7 Å². The Morgan fingerprint density at radius 2 is 1.82 bits per heavy atom. The highest BCUT2D eigenvalue weighted by molar-refractivity contribution is 5.93. The summed E-state index contributed by atoms with van der Waals surface area (Å²) in [6.45, 7) is 4.87. The van der Waals surface area contributed by atoms with E-state index in [0.29, 0.717) is 37.6 Å². The minimum Gasteiger partial charge on any atom is -0.493 e. The van der Waals surface area contributed by atoms with Crippen molar-refractivity contribution < 1.29 is 24.2 Å². The Balaban J connectivity index is 1.88. The molecular formula is C23H29N5O5. The van der Waals surface area contributed by atoms with Crippen molar-refractivity contribution in [1.82, 2.24) is 24.5 Å². The molecule has 0 fully saturated rings. The van der Waals surface area contributed by atoms with Crippen LogP contribution in [0.1, 0.15) is 41.6 Å². The quantitative estimate of drug-likeness (QED) is 0.473. The number of benzene rings is 1. The molecule has 1 aromatic carbocycles. The van der Waals surface area contributed by atoms with Crippen molar-refractivity contribution in [2.24, 2.45) is 0 Å². The van der Waals surface area contributed by atoms with Gasteiger partial charge in [0, 0.05) is 25.5 Å². The molecule has 1 unspecified atom stereocenters. The summed E-state index contributed by atoms with van der Waals surface area (Å²) in [6, 6.07) is 8.09. The minimum absolute atomic E-state index is 0.222. The fourth-order valence-electron chi connectivity index (χ4n) is 3.59. The largest absolute Gasteiger partial charge is 0.493 e. The molecule has 33 heavy (non-hydrogen) atoms. The molecule has 1 atom stereocenters. The molecular weight excluding hydrogens is 426 g/mol. The van der Waals surface area contributed by atoms with Crippen LogP contribution in [0, 0.1) is 0 Å². The van der Waals surface area contributed by atoms with E-state index in [1.165, 1.54) is 17.8 Å². The predicted octanol–water partition coefficient (Wildman–Crippen LogP) is 2.65. The van der Waals surface area contributed by atoms with Crippen LogP contribution in [0.4, 0.5) is 0 Å². The maximum absolute atomic E-state index is 13.5. The van der Waals surface area contributed by atoms with Gasteiger partial charge in [0.15, 0.2) is 11.5 Å². The third-order valence-corrected chi connectivity index (χ3v) is 5.48. The monoisotopic (exact) mass is 455 g/mol. The number of aromatic nitrogens is 4. The fourth-order valence-corrected chi connectivity index (χ4v) is 3.59. The van der Waals surface area contributed by atoms with Crippen LogP contribution in [0.2, 0.25) is 0 Å². The number of ether oxygens (including phenoxy) is 2. The number of carboxylic acid groups (broad SMARTS) is 1. The van der Waals surface area contributed by atoms with Crippen LogP contribution in [0.15, 0.2) is 42.7 Å². The lowest BCUT2D eigenvalue weighted by Gasteiger charge is -2.24. The van der Waals surface area contributed by atoms with E-state index in [1.807, 2.05) is 35.9 Å². The van der Waals surface area contributed by atoms with Gasteiger partial charge in [-0.15, -0.1) is 0 Å². The first-order chi connectivity index (χ1) is 15.9. The van der Waals surface area contributed by atoms with E-state index in [4.69, 9.17) is 9.47 Å². The Bertz CT molecular complexity index is 1110. The molecule has 0 aliphatic rings. The summed E-state index contributed by atoms with van der Waals surface area (Å²) in [4.78, 5) is 26.7. The van der Waals surface area contributed by atoms with Crippen molar-refractivity contribution in [1.29, 1.82) is 0 Å². The van der Waals surface area contributed by atoms with Crippen molar-refractivity contribution in [3.05, 3.63) is 59.7 Å². The number of aryl methyl sites for hydroxylation is 1. The molecule has 0 aliphatic heterocycles. The number of hydrogen-bond acceptors (Lipinski definition) is 6. The third kappa shape index (κ3) is 5.33. The standard InChI is InChI=1S/C23H29N5O5/c1-5-27-18(8-11-24-27)15-26(13-10-17-6-7-20(32-3)21(14-17)33-4)22(29)19-9-12-25-28(19)16(2)23(30)31/h6-9,11-12,14,16H,5,10,13,15H2,1-4H3,(H,30,31). The van der Waals surface area contributed by atoms with Crippen LogP contribution < -0.4 is 9.47 Å². The average Bonchev–Trinajstić information content (AvgIpc) is 3.49. The molecule has 10 nitrogen and oxygen atoms in total. The highest BCUT2D eigenvalue weighted by Crippen LogP contribution is 2.28. The first kappa shape index (κ1) is 23.8. The number of hydrogen-bond donors (Lipinski definition) is 1. The van der Waals surface area contributed by atoms with Crippen LogP contribution in [0.25, 0.3) is 0 Å². The van der Waals surface area contributed by atoms with Crippen LogP contribution in [-0.2, 0) is 24.3 Å². The maximum Gasteiger partial charge on any atom is 0.328 e. The predicted molar refractivity (Wildman–Crippen MR) is 120 cm³/mol. The van der Waals surface area contributed by atoms with Gasteiger partial charge in [-0.05, 0) is 50.1 Å². The fraction of sp³-hybridized carbons (Fsp3) is 0.391. The van der Waals surface area contributed by atoms with Crippen molar-refractivity contribution in [2.75, 3.05) is 20.8 Å². The van der Waals surface area contributed by atoms with Crippen molar-refractivity contribution in [2.45, 2.75) is 39.4 Å². The molecule has 2 heterocycles. The third-order valence-electron chi connectivity index (χ3n) is 5.48. The van der Waals surface area contributed by atoms with Gasteiger partial charge in [-0.1, -0.05) is 6.07 Å². The van der Waals surface area contributed by atoms with Crippen molar-refractivity contribution in [3.63, 3.8) is 0 Å². The molecule has 0 bridgehead atoms. The molecule has 0 spiro atoms. The Kier molecular flexibility index (Phi) is 7.70. The Morgan fingerprint density at radius 1 is 1.09 bits per heavy atom. The van der Waals surface area contributed by atoms with Crippen LogP contribution >= 0.6 is 0 Å². The molecule has 2 aromatic heterocycles. The Hall–Kier alpha value is -3.82. The van der Waals surface area contributed by atoms with Gasteiger partial charge >= 0.3 is 5.97 Å². The lowest BCUT2D eigenvalue weighted by atomic mass is 10.1. The first-order valence-electron chi connectivity index (χ1n) is 10.7. The number of rotatable bonds is 11. The van der Waals surface area contributed by atoms with Gasteiger partial charge in [0.25, 0.3) is 5.91 Å². The van der Waals surface area contributed by atoms with E-state index in [2.05, 4.69) is 10.2 Å². The summed E-state index contributed by atoms with van der Waals surface area (Å²) in [5.74, 6) is -0.114. The highest BCUT2D eigenvalue weighted by atomic mass is 16.5. The zero-order chi connectivity index (χ0) is 24.0. The first-order valence-corrected chi connectivity index (χ1v) is 10.7. The van der Waals surface area contributed by atoms with Gasteiger partial charge in [0.1, 0.15) is 11.7 Å². The van der Waals surface area contributed by atoms with E-state index in [1.54, 1.807) is 31.4 Å². The van der Waals surface area contributed by atoms with Crippen molar-refractivity contribution in [3.8, 4) is 11.5 Å². The van der Waals surface area contributed by atoms with Crippen LogP contribution in [-0.4, -0.2) is 62.2 Å². The summed E-state index contributed by atoms with van der Waals surface area (Å²) in [7, 11) is 3.16. The second-order valence-electron chi connectivity index (χ2n) is 7.48.